The number of aromatic nitrogens is 1. The summed E-state index contributed by atoms with van der Waals surface area (Å²) < 4.78 is 0. The summed E-state index contributed by atoms with van der Waals surface area (Å²) in [5, 5.41) is 10.7. The number of carbonyl (C=O) groups is 1. The topological polar surface area (TPSA) is 62.5 Å². The van der Waals surface area contributed by atoms with Crippen molar-refractivity contribution in [3.8, 4) is 32.1 Å². The van der Waals surface area contributed by atoms with Crippen molar-refractivity contribution in [1.82, 2.24) is 4.98 Å². The Hall–Kier alpha value is -5.04. The molecule has 1 aliphatic rings. The van der Waals surface area contributed by atoms with E-state index in [2.05, 4.69) is 122 Å². The molecule has 6 aromatic rings. The van der Waals surface area contributed by atoms with Crippen LogP contribution in [0.25, 0.3) is 49.1 Å². The van der Waals surface area contributed by atoms with E-state index in [0.717, 1.165) is 50.1 Å². The number of fused-ring (bicyclic) bond motifs is 1. The molecular formula is C51H50IrN2O2S2-2. The summed E-state index contributed by atoms with van der Waals surface area (Å²) in [5.74, 6) is 0.104. The fraction of sp³-hybridized carbons (Fsp3) is 0.196. The van der Waals surface area contributed by atoms with E-state index in [1.54, 1.807) is 22.7 Å². The molecule has 1 aliphatic heterocycles. The second-order valence-corrected chi connectivity index (χ2v) is 17.8. The Morgan fingerprint density at radius 3 is 2.05 bits per heavy atom. The van der Waals surface area contributed by atoms with Gasteiger partial charge < -0.3 is 15.1 Å². The Morgan fingerprint density at radius 2 is 1.45 bits per heavy atom. The largest absolute Gasteiger partial charge is 0.512 e. The molecule has 3 aromatic heterocycles. The number of hydrogen-bond donors (Lipinski definition) is 1. The van der Waals surface area contributed by atoms with E-state index in [1.807, 2.05) is 78.0 Å². The van der Waals surface area contributed by atoms with Gasteiger partial charge in [-0.1, -0.05) is 176 Å². The van der Waals surface area contributed by atoms with Gasteiger partial charge in [-0.15, -0.1) is 19.2 Å². The monoisotopic (exact) mass is 979 g/mol. The molecule has 4 nitrogen and oxygen atoms in total. The average molecular weight is 979 g/mol. The number of aliphatic hydroxyl groups excluding tert-OH is 1. The molecule has 0 spiro atoms. The van der Waals surface area contributed by atoms with Crippen molar-refractivity contribution in [2.75, 3.05) is 0 Å². The Kier molecular flexibility index (Phi) is 16.2. The number of aliphatic hydroxyl groups is 1. The number of dihydropyridines is 1. The summed E-state index contributed by atoms with van der Waals surface area (Å²) in [6, 6.07) is 42.1. The van der Waals surface area contributed by atoms with E-state index < -0.39 is 5.41 Å². The fourth-order valence-electron chi connectivity index (χ4n) is 5.60. The third kappa shape index (κ3) is 12.5. The summed E-state index contributed by atoms with van der Waals surface area (Å²) in [4.78, 5) is 25.3. The van der Waals surface area contributed by atoms with Crippen LogP contribution in [0.3, 0.4) is 0 Å². The van der Waals surface area contributed by atoms with Gasteiger partial charge >= 0.3 is 0 Å². The number of thiophene rings is 2. The number of pyridine rings is 1. The van der Waals surface area contributed by atoms with Crippen LogP contribution in [-0.2, 0) is 24.9 Å². The molecule has 0 amide bonds. The predicted molar refractivity (Wildman–Crippen MR) is 246 cm³/mol. The van der Waals surface area contributed by atoms with Crippen molar-refractivity contribution < 1.29 is 30.0 Å². The van der Waals surface area contributed by atoms with Crippen molar-refractivity contribution >= 4 is 51.1 Å². The van der Waals surface area contributed by atoms with E-state index >= 15 is 0 Å². The maximum Gasteiger partial charge on any atom is 0.164 e. The molecule has 7 heteroatoms. The van der Waals surface area contributed by atoms with Gasteiger partial charge in [0.2, 0.25) is 0 Å². The molecule has 1 radical (unpaired) electrons. The van der Waals surface area contributed by atoms with Crippen LogP contribution in [0.1, 0.15) is 64.1 Å². The van der Waals surface area contributed by atoms with E-state index in [9.17, 15) is 9.90 Å². The molecule has 3 aromatic carbocycles. The summed E-state index contributed by atoms with van der Waals surface area (Å²) >= 11 is 3.38. The van der Waals surface area contributed by atoms with Gasteiger partial charge in [-0.25, -0.2) is 22.7 Å². The Bertz CT molecular complexity index is 2450. The third-order valence-corrected chi connectivity index (χ3v) is 11.0. The quantitative estimate of drug-likeness (QED) is 0.0715. The van der Waals surface area contributed by atoms with Crippen molar-refractivity contribution in [1.29, 1.82) is 0 Å². The summed E-state index contributed by atoms with van der Waals surface area (Å²) in [6.45, 7) is 22.6. The first kappa shape index (κ1) is 45.7. The Labute approximate surface area is 366 Å². The molecule has 0 aliphatic carbocycles. The standard InChI is InChI=1S/C25H16NS.C15H14NS.C11H20O2.Ir/c1-3-9-18(10-4-1)21-17-23(26-22-14-8-7-13-20(21)22)25-16-15-24(27-25)19-11-5-2-6-12-19;1-4-6-12-9-11(3)16-14(10-12)15-8-7-13(5-2)17-15;1-10(2,3)8(12)7-9(13)11(4,5)6;/h1-15,17H;4-5,7,10H,1-3,6,9H2;7,12H,1-6H3;/q2*-1;;/b;;8-7-;. The van der Waals surface area contributed by atoms with Gasteiger partial charge in [0.25, 0.3) is 0 Å². The number of allylic oxidation sites excluding steroid dienone is 5. The first-order chi connectivity index (χ1) is 27.2. The van der Waals surface area contributed by atoms with Crippen LogP contribution in [0, 0.1) is 23.0 Å². The molecule has 0 unspecified atom stereocenters. The van der Waals surface area contributed by atoms with Crippen LogP contribution in [-0.4, -0.2) is 21.6 Å². The van der Waals surface area contributed by atoms with Crippen LogP contribution in [0.4, 0.5) is 0 Å². The normalized spacial score (nSPS) is 12.8. The smallest absolute Gasteiger partial charge is 0.164 e. The molecule has 0 saturated carbocycles. The zero-order valence-electron chi connectivity index (χ0n) is 34.1. The number of ketones is 1. The SMILES string of the molecule is C=CCC1=CC(c2[c-]cc(C=C)s2)=NC(=C)C1.CC(C)(C)C(=O)/C=C(\O)C(C)(C)C.[Ir].[c-]1cc(-c2ccccc2)sc1-c1cc(-c2ccccc2)c2ccccc2n1. The number of nitrogens with zero attached hydrogens (tertiary/aromatic N) is 2. The van der Waals surface area contributed by atoms with Gasteiger partial charge in [-0.05, 0) is 35.0 Å². The van der Waals surface area contributed by atoms with Gasteiger partial charge in [-0.2, -0.15) is 24.3 Å². The van der Waals surface area contributed by atoms with Crippen molar-refractivity contribution in [2.45, 2.75) is 54.4 Å². The maximum absolute atomic E-state index is 11.5. The molecule has 1 N–H and O–H groups in total. The number of para-hydroxylation sites is 1. The van der Waals surface area contributed by atoms with Crippen LogP contribution >= 0.6 is 22.7 Å². The second-order valence-electron chi connectivity index (χ2n) is 15.6. The number of hydrogen-bond acceptors (Lipinski definition) is 6. The zero-order chi connectivity index (χ0) is 41.2. The van der Waals surface area contributed by atoms with Gasteiger partial charge in [0.05, 0.1) is 5.52 Å². The maximum atomic E-state index is 11.5. The van der Waals surface area contributed by atoms with Crippen molar-refractivity contribution in [2.24, 2.45) is 15.8 Å². The summed E-state index contributed by atoms with van der Waals surface area (Å²) in [6.07, 6.45) is 8.92. The fourth-order valence-corrected chi connectivity index (χ4v) is 7.28. The molecule has 58 heavy (non-hydrogen) atoms. The Balaban J connectivity index is 0.000000208. The van der Waals surface area contributed by atoms with Crippen LogP contribution in [0.15, 0.2) is 163 Å². The summed E-state index contributed by atoms with van der Waals surface area (Å²) in [7, 11) is 0. The molecule has 0 saturated heterocycles. The number of aliphatic imine (C=N–C) groups is 1. The van der Waals surface area contributed by atoms with Crippen LogP contribution in [0.2, 0.25) is 0 Å². The molecule has 299 valence electrons. The molecule has 4 heterocycles. The average Bonchev–Trinajstić information content (AvgIpc) is 3.89. The van der Waals surface area contributed by atoms with E-state index in [-0.39, 0.29) is 37.1 Å². The first-order valence-electron chi connectivity index (χ1n) is 18.9. The minimum Gasteiger partial charge on any atom is -0.512 e. The van der Waals surface area contributed by atoms with Crippen LogP contribution < -0.4 is 0 Å². The molecule has 0 fully saturated rings. The summed E-state index contributed by atoms with van der Waals surface area (Å²) in [5.41, 5.74) is 8.01. The predicted octanol–water partition coefficient (Wildman–Crippen LogP) is 14.6. The van der Waals surface area contributed by atoms with Crippen molar-refractivity contribution in [3.63, 3.8) is 0 Å². The molecular weight excluding hydrogens is 929 g/mol. The minimum atomic E-state index is -0.417. The van der Waals surface area contributed by atoms with E-state index in [1.165, 1.54) is 38.6 Å². The van der Waals surface area contributed by atoms with Crippen molar-refractivity contribution in [3.05, 3.63) is 180 Å². The van der Waals surface area contributed by atoms with Gasteiger partial charge in [0, 0.05) is 54.5 Å². The number of rotatable bonds is 8. The van der Waals surface area contributed by atoms with Gasteiger partial charge in [0.1, 0.15) is 5.76 Å². The van der Waals surface area contributed by atoms with E-state index in [4.69, 9.17) is 4.98 Å². The third-order valence-electron chi connectivity index (χ3n) is 8.87. The zero-order valence-corrected chi connectivity index (χ0v) is 38.1. The molecule has 0 atom stereocenters. The van der Waals surface area contributed by atoms with Gasteiger partial charge in [0.15, 0.2) is 5.78 Å². The van der Waals surface area contributed by atoms with Crippen LogP contribution in [0.5, 0.6) is 0 Å². The van der Waals surface area contributed by atoms with E-state index in [0.29, 0.717) is 0 Å². The molecule has 7 rings (SSSR count). The second kappa shape index (κ2) is 20.6. The first-order valence-corrected chi connectivity index (χ1v) is 20.5. The van der Waals surface area contributed by atoms with Gasteiger partial charge in [-0.3, -0.25) is 4.79 Å². The molecule has 0 bridgehead atoms. The minimum absolute atomic E-state index is 0. The Morgan fingerprint density at radius 1 is 0.828 bits per heavy atom. The number of benzene rings is 3. The number of carbonyl (C=O) groups excluding carboxylic acids is 1.